The highest BCUT2D eigenvalue weighted by atomic mass is 16.5. The molecule has 0 saturated carbocycles. The van der Waals surface area contributed by atoms with E-state index >= 15 is 0 Å². The number of hydrogen-bond donors (Lipinski definition) is 2. The highest BCUT2D eigenvalue weighted by molar-refractivity contribution is 5.80. The maximum atomic E-state index is 11.3. The summed E-state index contributed by atoms with van der Waals surface area (Å²) in [5.74, 6) is 0.0773. The molecular weight excluding hydrogens is 208 g/mol. The maximum Gasteiger partial charge on any atom is 0.325 e. The normalized spacial score (nSPS) is 10.0. The Kier molecular flexibility index (Phi) is 8.29. The predicted octanol–water partition coefficient (Wildman–Crippen LogP) is 1.28. The lowest BCUT2D eigenvalue weighted by Gasteiger charge is -2.13. The van der Waals surface area contributed by atoms with Crippen molar-refractivity contribution in [2.75, 3.05) is 19.7 Å². The number of carbonyl (C=O) groups is 2. The zero-order valence-corrected chi connectivity index (χ0v) is 10.3. The highest BCUT2D eigenvalue weighted by Gasteiger charge is 2.07. The molecule has 0 rings (SSSR count). The van der Waals surface area contributed by atoms with Crippen LogP contribution < -0.4 is 10.6 Å². The second-order valence-corrected chi connectivity index (χ2v) is 3.55. The lowest BCUT2D eigenvalue weighted by atomic mass is 10.0. The largest absolute Gasteiger partial charge is 0.465 e. The molecule has 0 aromatic heterocycles. The molecule has 0 saturated heterocycles. The Bertz CT molecular complexity index is 215. The second-order valence-electron chi connectivity index (χ2n) is 3.55. The minimum atomic E-state index is -0.416. The molecule has 0 atom stereocenters. The first-order valence-corrected chi connectivity index (χ1v) is 5.81. The molecule has 0 aliphatic heterocycles. The molecule has 0 unspecified atom stereocenters. The maximum absolute atomic E-state index is 11.3. The van der Waals surface area contributed by atoms with Crippen LogP contribution in [-0.2, 0) is 9.53 Å². The summed E-state index contributed by atoms with van der Waals surface area (Å²) >= 11 is 0. The van der Waals surface area contributed by atoms with E-state index in [4.69, 9.17) is 0 Å². The molecule has 0 radical (unpaired) electrons. The SMILES string of the molecule is CCOC(=O)CNC(=O)NCC(CC)CC. The van der Waals surface area contributed by atoms with Crippen LogP contribution in [0.15, 0.2) is 0 Å². The average Bonchev–Trinajstić information content (AvgIpc) is 2.28. The number of ether oxygens (including phenoxy) is 1. The van der Waals surface area contributed by atoms with Crippen molar-refractivity contribution in [3.63, 3.8) is 0 Å². The van der Waals surface area contributed by atoms with Gasteiger partial charge in [0.1, 0.15) is 6.54 Å². The number of rotatable bonds is 7. The van der Waals surface area contributed by atoms with Gasteiger partial charge in [-0.2, -0.15) is 0 Å². The van der Waals surface area contributed by atoms with Gasteiger partial charge in [0.2, 0.25) is 0 Å². The molecule has 5 heteroatoms. The van der Waals surface area contributed by atoms with Crippen LogP contribution in [0.5, 0.6) is 0 Å². The molecule has 16 heavy (non-hydrogen) atoms. The first-order valence-electron chi connectivity index (χ1n) is 5.81. The first-order chi connectivity index (χ1) is 7.63. The van der Waals surface area contributed by atoms with Crippen molar-refractivity contribution in [3.8, 4) is 0 Å². The summed E-state index contributed by atoms with van der Waals surface area (Å²) in [4.78, 5) is 22.2. The Balaban J connectivity index is 3.62. The second kappa shape index (κ2) is 9.00. The molecule has 0 aromatic rings. The quantitative estimate of drug-likeness (QED) is 0.647. The standard InChI is InChI=1S/C11H22N2O3/c1-4-9(5-2)7-12-11(15)13-8-10(14)16-6-3/h9H,4-8H2,1-3H3,(H2,12,13,15). The van der Waals surface area contributed by atoms with Crippen LogP contribution in [0.1, 0.15) is 33.6 Å². The Labute approximate surface area is 96.9 Å². The fourth-order valence-electron chi connectivity index (χ4n) is 1.24. The molecule has 0 aliphatic rings. The van der Waals surface area contributed by atoms with E-state index < -0.39 is 5.97 Å². The van der Waals surface area contributed by atoms with E-state index in [0.717, 1.165) is 12.8 Å². The zero-order valence-electron chi connectivity index (χ0n) is 10.3. The van der Waals surface area contributed by atoms with Crippen LogP contribution in [-0.4, -0.2) is 31.7 Å². The van der Waals surface area contributed by atoms with E-state index in [1.54, 1.807) is 6.92 Å². The van der Waals surface area contributed by atoms with Gasteiger partial charge in [-0.3, -0.25) is 4.79 Å². The van der Waals surface area contributed by atoms with Gasteiger partial charge in [0, 0.05) is 6.54 Å². The molecule has 0 spiro atoms. The summed E-state index contributed by atoms with van der Waals surface area (Å²) in [6.45, 7) is 6.80. The first kappa shape index (κ1) is 14.7. The van der Waals surface area contributed by atoms with Gasteiger partial charge in [-0.25, -0.2) is 4.79 Å². The van der Waals surface area contributed by atoms with Crippen molar-refractivity contribution < 1.29 is 14.3 Å². The summed E-state index contributed by atoms with van der Waals surface area (Å²) < 4.78 is 4.68. The summed E-state index contributed by atoms with van der Waals surface area (Å²) in [5, 5.41) is 5.17. The minimum Gasteiger partial charge on any atom is -0.465 e. The summed E-state index contributed by atoms with van der Waals surface area (Å²) in [7, 11) is 0. The van der Waals surface area contributed by atoms with Gasteiger partial charge >= 0.3 is 12.0 Å². The van der Waals surface area contributed by atoms with Gasteiger partial charge in [-0.15, -0.1) is 0 Å². The van der Waals surface area contributed by atoms with Crippen LogP contribution in [0, 0.1) is 5.92 Å². The number of carbonyl (C=O) groups excluding carboxylic acids is 2. The molecule has 0 fully saturated rings. The molecule has 0 aliphatic carbocycles. The molecule has 2 amide bonds. The third kappa shape index (κ3) is 7.09. The third-order valence-electron chi connectivity index (χ3n) is 2.40. The number of hydrogen-bond acceptors (Lipinski definition) is 3. The summed E-state index contributed by atoms with van der Waals surface area (Å²) in [6.07, 6.45) is 2.07. The van der Waals surface area contributed by atoms with Crippen molar-refractivity contribution in [2.24, 2.45) is 5.92 Å². The van der Waals surface area contributed by atoms with Crippen molar-refractivity contribution in [3.05, 3.63) is 0 Å². The van der Waals surface area contributed by atoms with Crippen LogP contribution >= 0.6 is 0 Å². The average molecular weight is 230 g/mol. The van der Waals surface area contributed by atoms with Gasteiger partial charge < -0.3 is 15.4 Å². The Morgan fingerprint density at radius 1 is 1.12 bits per heavy atom. The number of amides is 2. The van der Waals surface area contributed by atoms with Crippen LogP contribution in [0.4, 0.5) is 4.79 Å². The summed E-state index contributed by atoms with van der Waals surface area (Å²) in [6, 6.07) is -0.319. The Morgan fingerprint density at radius 3 is 2.25 bits per heavy atom. The van der Waals surface area contributed by atoms with Crippen LogP contribution in [0.3, 0.4) is 0 Å². The Hall–Kier alpha value is -1.26. The fraction of sp³-hybridized carbons (Fsp3) is 0.818. The minimum absolute atomic E-state index is 0.0808. The van der Waals surface area contributed by atoms with Crippen LogP contribution in [0.2, 0.25) is 0 Å². The van der Waals surface area contributed by atoms with Gasteiger partial charge in [-0.1, -0.05) is 26.7 Å². The van der Waals surface area contributed by atoms with Crippen LogP contribution in [0.25, 0.3) is 0 Å². The lowest BCUT2D eigenvalue weighted by molar-refractivity contribution is -0.141. The molecule has 0 aromatic carbocycles. The van der Waals surface area contributed by atoms with Gasteiger partial charge in [0.05, 0.1) is 6.61 Å². The number of urea groups is 1. The van der Waals surface area contributed by atoms with E-state index in [9.17, 15) is 9.59 Å². The van der Waals surface area contributed by atoms with Gasteiger partial charge in [-0.05, 0) is 12.8 Å². The number of nitrogens with one attached hydrogen (secondary N) is 2. The van der Waals surface area contributed by atoms with Gasteiger partial charge in [0.15, 0.2) is 0 Å². The molecule has 94 valence electrons. The van der Waals surface area contributed by atoms with E-state index in [2.05, 4.69) is 29.2 Å². The third-order valence-corrected chi connectivity index (χ3v) is 2.40. The van der Waals surface area contributed by atoms with Gasteiger partial charge in [0.25, 0.3) is 0 Å². The topological polar surface area (TPSA) is 67.4 Å². The molecule has 2 N–H and O–H groups in total. The lowest BCUT2D eigenvalue weighted by Crippen LogP contribution is -2.40. The van der Waals surface area contributed by atoms with Crippen molar-refractivity contribution >= 4 is 12.0 Å². The smallest absolute Gasteiger partial charge is 0.325 e. The van der Waals surface area contributed by atoms with Crippen molar-refractivity contribution in [1.29, 1.82) is 0 Å². The van der Waals surface area contributed by atoms with E-state index in [1.165, 1.54) is 0 Å². The molecule has 5 nitrogen and oxygen atoms in total. The molecule has 0 bridgehead atoms. The summed E-state index contributed by atoms with van der Waals surface area (Å²) in [5.41, 5.74) is 0. The fourth-order valence-corrected chi connectivity index (χ4v) is 1.24. The molecular formula is C11H22N2O3. The monoisotopic (exact) mass is 230 g/mol. The van der Waals surface area contributed by atoms with Crippen molar-refractivity contribution in [2.45, 2.75) is 33.6 Å². The zero-order chi connectivity index (χ0) is 12.4. The van der Waals surface area contributed by atoms with E-state index in [0.29, 0.717) is 19.1 Å². The highest BCUT2D eigenvalue weighted by Crippen LogP contribution is 2.04. The Morgan fingerprint density at radius 2 is 1.75 bits per heavy atom. The van der Waals surface area contributed by atoms with E-state index in [-0.39, 0.29) is 12.6 Å². The van der Waals surface area contributed by atoms with E-state index in [1.807, 2.05) is 0 Å². The number of esters is 1. The predicted molar refractivity (Wildman–Crippen MR) is 62.1 cm³/mol. The van der Waals surface area contributed by atoms with Crippen molar-refractivity contribution in [1.82, 2.24) is 10.6 Å². The molecule has 0 heterocycles.